The fourth-order valence-electron chi connectivity index (χ4n) is 1.24. The molecule has 6 nitrogen and oxygen atoms in total. The number of rotatable bonds is 3. The topological polar surface area (TPSA) is 77.9 Å². The van der Waals surface area contributed by atoms with Gasteiger partial charge in [-0.2, -0.15) is 5.10 Å². The van der Waals surface area contributed by atoms with Gasteiger partial charge in [-0.05, 0) is 6.42 Å². The first kappa shape index (κ1) is 10.4. The molecule has 2 heterocycles. The molecule has 0 N–H and O–H groups in total. The highest BCUT2D eigenvalue weighted by Gasteiger charge is 2.09. The molecule has 0 aromatic carbocycles. The van der Waals surface area contributed by atoms with Gasteiger partial charge in [-0.1, -0.05) is 6.92 Å². The quantitative estimate of drug-likeness (QED) is 0.718. The molecule has 2 aromatic rings. The molecule has 82 valence electrons. The number of esters is 1. The lowest BCUT2D eigenvalue weighted by Gasteiger charge is -2.04. The zero-order chi connectivity index (χ0) is 11.4. The SMILES string of the molecule is CCCC(=O)Oc1cnnc2ncncc12. The Kier molecular flexibility index (Phi) is 3.00. The fourth-order valence-corrected chi connectivity index (χ4v) is 1.24. The summed E-state index contributed by atoms with van der Waals surface area (Å²) >= 11 is 0. The number of aromatic nitrogens is 4. The average Bonchev–Trinajstić information content (AvgIpc) is 2.30. The van der Waals surface area contributed by atoms with Gasteiger partial charge in [0, 0.05) is 12.6 Å². The second-order valence-corrected chi connectivity index (χ2v) is 3.19. The Balaban J connectivity index is 2.33. The maximum absolute atomic E-state index is 11.3. The van der Waals surface area contributed by atoms with Crippen LogP contribution in [-0.2, 0) is 4.79 Å². The number of carbonyl (C=O) groups excluding carboxylic acids is 1. The molecule has 0 unspecified atom stereocenters. The molecule has 0 aliphatic carbocycles. The van der Waals surface area contributed by atoms with Gasteiger partial charge < -0.3 is 4.74 Å². The molecule has 0 amide bonds. The summed E-state index contributed by atoms with van der Waals surface area (Å²) in [6.45, 7) is 1.91. The predicted octanol–water partition coefficient (Wildman–Crippen LogP) is 1.13. The van der Waals surface area contributed by atoms with E-state index in [0.29, 0.717) is 23.2 Å². The third-order valence-electron chi connectivity index (χ3n) is 1.96. The molecule has 0 saturated carbocycles. The van der Waals surface area contributed by atoms with E-state index in [1.54, 1.807) is 6.20 Å². The Morgan fingerprint density at radius 2 is 2.31 bits per heavy atom. The van der Waals surface area contributed by atoms with Crippen LogP contribution in [0, 0.1) is 0 Å². The highest BCUT2D eigenvalue weighted by molar-refractivity contribution is 5.83. The van der Waals surface area contributed by atoms with Crippen LogP contribution in [0.3, 0.4) is 0 Å². The molecule has 0 aliphatic heterocycles. The summed E-state index contributed by atoms with van der Waals surface area (Å²) in [6.07, 6.45) is 5.42. The summed E-state index contributed by atoms with van der Waals surface area (Å²) in [7, 11) is 0. The lowest BCUT2D eigenvalue weighted by molar-refractivity contribution is -0.134. The first-order chi connectivity index (χ1) is 7.81. The van der Waals surface area contributed by atoms with E-state index in [2.05, 4.69) is 20.2 Å². The van der Waals surface area contributed by atoms with Gasteiger partial charge in [0.1, 0.15) is 6.33 Å². The van der Waals surface area contributed by atoms with Crippen molar-refractivity contribution in [3.63, 3.8) is 0 Å². The van der Waals surface area contributed by atoms with E-state index in [9.17, 15) is 4.79 Å². The van der Waals surface area contributed by atoms with Crippen molar-refractivity contribution < 1.29 is 9.53 Å². The second kappa shape index (κ2) is 4.61. The summed E-state index contributed by atoms with van der Waals surface area (Å²) in [6, 6.07) is 0. The lowest BCUT2D eigenvalue weighted by atomic mass is 10.3. The van der Waals surface area contributed by atoms with Crippen molar-refractivity contribution in [3.05, 3.63) is 18.7 Å². The largest absolute Gasteiger partial charge is 0.424 e. The highest BCUT2D eigenvalue weighted by Crippen LogP contribution is 2.20. The van der Waals surface area contributed by atoms with E-state index < -0.39 is 0 Å². The van der Waals surface area contributed by atoms with Crippen LogP contribution in [-0.4, -0.2) is 26.1 Å². The molecular weight excluding hydrogens is 208 g/mol. The number of fused-ring (bicyclic) bond motifs is 1. The second-order valence-electron chi connectivity index (χ2n) is 3.19. The Bertz CT molecular complexity index is 510. The summed E-state index contributed by atoms with van der Waals surface area (Å²) < 4.78 is 5.15. The Morgan fingerprint density at radius 3 is 3.12 bits per heavy atom. The van der Waals surface area contributed by atoms with E-state index >= 15 is 0 Å². The monoisotopic (exact) mass is 218 g/mol. The maximum atomic E-state index is 11.3. The van der Waals surface area contributed by atoms with Gasteiger partial charge in [0.05, 0.1) is 11.6 Å². The Hall–Kier alpha value is -2.11. The van der Waals surface area contributed by atoms with Crippen molar-refractivity contribution in [2.24, 2.45) is 0 Å². The van der Waals surface area contributed by atoms with E-state index in [0.717, 1.165) is 6.42 Å². The van der Waals surface area contributed by atoms with Crippen molar-refractivity contribution >= 4 is 17.0 Å². The van der Waals surface area contributed by atoms with E-state index in [1.807, 2.05) is 6.92 Å². The van der Waals surface area contributed by atoms with Crippen molar-refractivity contribution in [1.82, 2.24) is 20.2 Å². The van der Waals surface area contributed by atoms with Gasteiger partial charge in [0.2, 0.25) is 0 Å². The average molecular weight is 218 g/mol. The van der Waals surface area contributed by atoms with Crippen LogP contribution in [0.25, 0.3) is 11.0 Å². The van der Waals surface area contributed by atoms with Crippen molar-refractivity contribution in [1.29, 1.82) is 0 Å². The van der Waals surface area contributed by atoms with Crippen LogP contribution < -0.4 is 4.74 Å². The molecule has 2 rings (SSSR count). The minimum absolute atomic E-state index is 0.291. The molecule has 6 heteroatoms. The number of carbonyl (C=O) groups is 1. The van der Waals surface area contributed by atoms with Crippen LogP contribution in [0.5, 0.6) is 5.75 Å². The molecule has 0 atom stereocenters. The maximum Gasteiger partial charge on any atom is 0.311 e. The van der Waals surface area contributed by atoms with Gasteiger partial charge >= 0.3 is 5.97 Å². The van der Waals surface area contributed by atoms with Crippen molar-refractivity contribution in [2.45, 2.75) is 19.8 Å². The molecule has 0 aliphatic rings. The van der Waals surface area contributed by atoms with E-state index in [-0.39, 0.29) is 5.97 Å². The first-order valence-corrected chi connectivity index (χ1v) is 4.93. The summed E-state index contributed by atoms with van der Waals surface area (Å²) in [5.74, 6) is 0.0599. The van der Waals surface area contributed by atoms with Crippen molar-refractivity contribution in [3.8, 4) is 5.75 Å². The summed E-state index contributed by atoms with van der Waals surface area (Å²) in [4.78, 5) is 19.1. The Labute approximate surface area is 91.7 Å². The van der Waals surface area contributed by atoms with Crippen LogP contribution in [0.2, 0.25) is 0 Å². The molecule has 2 aromatic heterocycles. The molecule has 0 saturated heterocycles. The number of hydrogen-bond acceptors (Lipinski definition) is 6. The third kappa shape index (κ3) is 2.10. The first-order valence-electron chi connectivity index (χ1n) is 4.93. The standard InChI is InChI=1S/C10H10N4O2/c1-2-3-9(15)16-8-5-13-14-10-7(8)4-11-6-12-10/h4-6H,2-3H2,1H3. The minimum atomic E-state index is -0.291. The molecule has 0 spiro atoms. The zero-order valence-corrected chi connectivity index (χ0v) is 8.75. The van der Waals surface area contributed by atoms with Crippen LogP contribution >= 0.6 is 0 Å². The normalized spacial score (nSPS) is 10.3. The van der Waals surface area contributed by atoms with Gasteiger partial charge in [-0.15, -0.1) is 5.10 Å². The molecular formula is C10H10N4O2. The minimum Gasteiger partial charge on any atom is -0.424 e. The van der Waals surface area contributed by atoms with Gasteiger partial charge in [-0.25, -0.2) is 9.97 Å². The van der Waals surface area contributed by atoms with Crippen molar-refractivity contribution in [2.75, 3.05) is 0 Å². The van der Waals surface area contributed by atoms with Crippen LogP contribution in [0.4, 0.5) is 0 Å². The van der Waals surface area contributed by atoms with Crippen LogP contribution in [0.15, 0.2) is 18.7 Å². The number of hydrogen-bond donors (Lipinski definition) is 0. The summed E-state index contributed by atoms with van der Waals surface area (Å²) in [5.41, 5.74) is 0.414. The molecule has 0 fully saturated rings. The zero-order valence-electron chi connectivity index (χ0n) is 8.75. The number of ether oxygens (including phenoxy) is 1. The Morgan fingerprint density at radius 1 is 1.44 bits per heavy atom. The third-order valence-corrected chi connectivity index (χ3v) is 1.96. The molecule has 0 radical (unpaired) electrons. The van der Waals surface area contributed by atoms with E-state index in [4.69, 9.17) is 4.74 Å². The highest BCUT2D eigenvalue weighted by atomic mass is 16.5. The van der Waals surface area contributed by atoms with Gasteiger partial charge in [-0.3, -0.25) is 4.79 Å². The van der Waals surface area contributed by atoms with E-state index in [1.165, 1.54) is 12.5 Å². The predicted molar refractivity (Wildman–Crippen MR) is 55.7 cm³/mol. The van der Waals surface area contributed by atoms with Gasteiger partial charge in [0.25, 0.3) is 0 Å². The molecule has 16 heavy (non-hydrogen) atoms. The summed E-state index contributed by atoms with van der Waals surface area (Å²) in [5, 5.41) is 8.10. The smallest absolute Gasteiger partial charge is 0.311 e. The molecule has 0 bridgehead atoms. The number of nitrogens with zero attached hydrogens (tertiary/aromatic N) is 4. The van der Waals surface area contributed by atoms with Crippen LogP contribution in [0.1, 0.15) is 19.8 Å². The van der Waals surface area contributed by atoms with Gasteiger partial charge in [0.15, 0.2) is 11.4 Å². The lowest BCUT2D eigenvalue weighted by Crippen LogP contribution is -2.08. The fraction of sp³-hybridized carbons (Fsp3) is 0.300.